The number of nitrogens with one attached hydrogen (secondary N) is 1. The maximum absolute atomic E-state index is 13.1. The number of benzene rings is 3. The van der Waals surface area contributed by atoms with Crippen molar-refractivity contribution in [3.05, 3.63) is 100 Å². The number of Topliss-reactive ketones (excluding diaryl/α,β-unsaturated/α-hetero) is 1. The molecule has 0 saturated carbocycles. The summed E-state index contributed by atoms with van der Waals surface area (Å²) in [5.74, 6) is -0.437. The zero-order valence-corrected chi connectivity index (χ0v) is 22.5. The fraction of sp³-hybridized carbons (Fsp3) is 0.258. The fourth-order valence-electron chi connectivity index (χ4n) is 4.74. The minimum Gasteiger partial charge on any atom is -0.465 e. The molecule has 0 aliphatic carbocycles. The molecule has 7 heteroatoms. The number of fused-ring (bicyclic) bond motifs is 1. The molecule has 1 N–H and O–H groups in total. The Morgan fingerprint density at radius 1 is 0.921 bits per heavy atom. The number of amides is 1. The summed E-state index contributed by atoms with van der Waals surface area (Å²) in [5, 5.41) is 3.51. The predicted octanol–water partition coefficient (Wildman–Crippen LogP) is 4.75. The number of ether oxygens (including phenoxy) is 1. The van der Waals surface area contributed by atoms with Crippen LogP contribution in [0.3, 0.4) is 0 Å². The van der Waals surface area contributed by atoms with Crippen LogP contribution < -0.4 is 5.32 Å². The molecular weight excluding hydrogens is 478 g/mol. The van der Waals surface area contributed by atoms with Crippen LogP contribution in [0.4, 0.5) is 5.69 Å². The zero-order chi connectivity index (χ0) is 27.4. The van der Waals surface area contributed by atoms with E-state index >= 15 is 0 Å². The number of rotatable bonds is 8. The Morgan fingerprint density at radius 2 is 1.63 bits per heavy atom. The van der Waals surface area contributed by atoms with Crippen molar-refractivity contribution in [1.29, 1.82) is 0 Å². The summed E-state index contributed by atoms with van der Waals surface area (Å²) >= 11 is 0. The molecule has 1 amide bonds. The van der Waals surface area contributed by atoms with Gasteiger partial charge in [-0.3, -0.25) is 9.59 Å². The predicted molar refractivity (Wildman–Crippen MR) is 149 cm³/mol. The van der Waals surface area contributed by atoms with Crippen molar-refractivity contribution in [2.24, 2.45) is 0 Å². The first-order chi connectivity index (χ1) is 18.2. The highest BCUT2D eigenvalue weighted by Crippen LogP contribution is 2.33. The van der Waals surface area contributed by atoms with E-state index in [2.05, 4.69) is 5.32 Å². The van der Waals surface area contributed by atoms with Crippen LogP contribution in [0.1, 0.15) is 45.1 Å². The van der Waals surface area contributed by atoms with Crippen molar-refractivity contribution in [3.63, 3.8) is 0 Å². The van der Waals surface area contributed by atoms with Gasteiger partial charge in [0.1, 0.15) is 0 Å². The summed E-state index contributed by atoms with van der Waals surface area (Å²) in [5.41, 5.74) is 7.03. The summed E-state index contributed by atoms with van der Waals surface area (Å²) in [6.07, 6.45) is 0. The standard InChI is InChI=1S/C31H33N3O4/c1-20-15-23(31(37)38-5)12-14-27(20)29(21(2)35)30(22-9-7-6-8-10-22)32-26-13-11-24-17-34(18-25(24)16-26)28(36)19-33(3)4/h6-16,32H,17-19H2,1-5H3/b30-29+. The molecule has 3 aromatic rings. The third-order valence-corrected chi connectivity index (χ3v) is 6.58. The Balaban J connectivity index is 1.75. The highest BCUT2D eigenvalue weighted by molar-refractivity contribution is 6.28. The van der Waals surface area contributed by atoms with Crippen LogP contribution in [0.5, 0.6) is 0 Å². The van der Waals surface area contributed by atoms with Gasteiger partial charge in [-0.2, -0.15) is 0 Å². The molecule has 0 unspecified atom stereocenters. The lowest BCUT2D eigenvalue weighted by atomic mass is 9.92. The highest BCUT2D eigenvalue weighted by Gasteiger charge is 2.25. The Hall–Kier alpha value is -4.23. The van der Waals surface area contributed by atoms with E-state index in [1.54, 1.807) is 25.1 Å². The van der Waals surface area contributed by atoms with Crippen molar-refractivity contribution in [3.8, 4) is 0 Å². The van der Waals surface area contributed by atoms with Gasteiger partial charge in [0.05, 0.1) is 24.9 Å². The number of likely N-dealkylation sites (N-methyl/N-ethyl adjacent to an activating group) is 1. The van der Waals surface area contributed by atoms with E-state index in [1.807, 2.05) is 79.3 Å². The summed E-state index contributed by atoms with van der Waals surface area (Å²) in [4.78, 5) is 41.5. The number of hydrogen-bond acceptors (Lipinski definition) is 6. The van der Waals surface area contributed by atoms with Gasteiger partial charge in [-0.25, -0.2) is 4.79 Å². The van der Waals surface area contributed by atoms with E-state index < -0.39 is 5.97 Å². The first kappa shape index (κ1) is 26.8. The lowest BCUT2D eigenvalue weighted by Crippen LogP contribution is -2.34. The van der Waals surface area contributed by atoms with Crippen molar-refractivity contribution < 1.29 is 19.1 Å². The summed E-state index contributed by atoms with van der Waals surface area (Å²) < 4.78 is 4.86. The molecule has 7 nitrogen and oxygen atoms in total. The molecule has 0 fully saturated rings. The number of aryl methyl sites for hydroxylation is 1. The minimum absolute atomic E-state index is 0.0929. The van der Waals surface area contributed by atoms with Gasteiger partial charge in [0.2, 0.25) is 5.91 Å². The molecule has 0 aromatic heterocycles. The number of esters is 1. The Kier molecular flexibility index (Phi) is 8.08. The van der Waals surface area contributed by atoms with Crippen molar-refractivity contribution >= 4 is 34.6 Å². The molecule has 0 radical (unpaired) electrons. The van der Waals surface area contributed by atoms with Gasteiger partial charge in [-0.1, -0.05) is 42.5 Å². The third kappa shape index (κ3) is 5.84. The molecule has 0 atom stereocenters. The van der Waals surface area contributed by atoms with E-state index in [4.69, 9.17) is 4.74 Å². The minimum atomic E-state index is -0.425. The average molecular weight is 512 g/mol. The second kappa shape index (κ2) is 11.4. The number of carbonyl (C=O) groups is 3. The van der Waals surface area contributed by atoms with Crippen LogP contribution in [0.15, 0.2) is 66.7 Å². The van der Waals surface area contributed by atoms with Gasteiger partial charge in [0.25, 0.3) is 0 Å². The molecule has 3 aromatic carbocycles. The topological polar surface area (TPSA) is 79.0 Å². The van der Waals surface area contributed by atoms with E-state index in [0.29, 0.717) is 36.5 Å². The number of allylic oxidation sites excluding steroid dienone is 1. The molecule has 1 heterocycles. The molecular formula is C31H33N3O4. The molecule has 0 spiro atoms. The molecule has 1 aliphatic heterocycles. The summed E-state index contributed by atoms with van der Waals surface area (Å²) in [7, 11) is 5.12. The van der Waals surface area contributed by atoms with Crippen LogP contribution in [0.2, 0.25) is 0 Å². The smallest absolute Gasteiger partial charge is 0.337 e. The van der Waals surface area contributed by atoms with Gasteiger partial charge >= 0.3 is 5.97 Å². The Labute approximate surface area is 223 Å². The van der Waals surface area contributed by atoms with E-state index in [9.17, 15) is 14.4 Å². The lowest BCUT2D eigenvalue weighted by molar-refractivity contribution is -0.132. The molecule has 38 heavy (non-hydrogen) atoms. The first-order valence-electron chi connectivity index (χ1n) is 12.5. The SMILES string of the molecule is COC(=O)c1ccc(/C(C(C)=O)=C(/Nc2ccc3c(c2)CN(C(=O)CN(C)C)C3)c2ccccc2)c(C)c1. The molecule has 196 valence electrons. The highest BCUT2D eigenvalue weighted by atomic mass is 16.5. The molecule has 0 bridgehead atoms. The van der Waals surface area contributed by atoms with Gasteiger partial charge in [-0.15, -0.1) is 0 Å². The molecule has 4 rings (SSSR count). The van der Waals surface area contributed by atoms with E-state index in [0.717, 1.165) is 33.5 Å². The molecule has 1 aliphatic rings. The van der Waals surface area contributed by atoms with Crippen LogP contribution in [-0.2, 0) is 27.4 Å². The van der Waals surface area contributed by atoms with Crippen molar-refractivity contribution in [2.45, 2.75) is 26.9 Å². The van der Waals surface area contributed by atoms with E-state index in [-0.39, 0.29) is 11.7 Å². The summed E-state index contributed by atoms with van der Waals surface area (Å²) in [6, 6.07) is 21.0. The lowest BCUT2D eigenvalue weighted by Gasteiger charge is -2.19. The average Bonchev–Trinajstić information content (AvgIpc) is 3.32. The van der Waals surface area contributed by atoms with Crippen LogP contribution in [-0.4, -0.2) is 55.2 Å². The van der Waals surface area contributed by atoms with Crippen molar-refractivity contribution in [1.82, 2.24) is 9.80 Å². The first-order valence-corrected chi connectivity index (χ1v) is 12.5. The second-order valence-corrected chi connectivity index (χ2v) is 9.79. The maximum Gasteiger partial charge on any atom is 0.337 e. The second-order valence-electron chi connectivity index (χ2n) is 9.79. The number of anilines is 1. The largest absolute Gasteiger partial charge is 0.465 e. The number of methoxy groups -OCH3 is 1. The third-order valence-electron chi connectivity index (χ3n) is 6.58. The van der Waals surface area contributed by atoms with Gasteiger partial charge in [0, 0.05) is 24.4 Å². The van der Waals surface area contributed by atoms with Crippen LogP contribution in [0, 0.1) is 6.92 Å². The number of ketones is 1. The molecule has 0 saturated heterocycles. The number of carbonyl (C=O) groups excluding carboxylic acids is 3. The maximum atomic E-state index is 13.1. The van der Waals surface area contributed by atoms with Gasteiger partial charge < -0.3 is 19.9 Å². The quantitative estimate of drug-likeness (QED) is 0.267. The van der Waals surface area contributed by atoms with Crippen molar-refractivity contribution in [2.75, 3.05) is 33.1 Å². The van der Waals surface area contributed by atoms with Gasteiger partial charge in [-0.05, 0) is 80.0 Å². The zero-order valence-electron chi connectivity index (χ0n) is 22.5. The summed E-state index contributed by atoms with van der Waals surface area (Å²) in [6.45, 7) is 4.94. The normalized spacial score (nSPS) is 13.2. The van der Waals surface area contributed by atoms with Crippen LogP contribution in [0.25, 0.3) is 11.3 Å². The van der Waals surface area contributed by atoms with Gasteiger partial charge in [0.15, 0.2) is 5.78 Å². The monoisotopic (exact) mass is 511 g/mol. The van der Waals surface area contributed by atoms with E-state index in [1.165, 1.54) is 7.11 Å². The Morgan fingerprint density at radius 3 is 2.26 bits per heavy atom. The number of hydrogen-bond donors (Lipinski definition) is 1. The Bertz CT molecular complexity index is 1410. The van der Waals surface area contributed by atoms with Crippen LogP contribution >= 0.6 is 0 Å². The fourth-order valence-corrected chi connectivity index (χ4v) is 4.74. The number of nitrogens with zero attached hydrogens (tertiary/aromatic N) is 2.